The van der Waals surface area contributed by atoms with Crippen LogP contribution in [0.15, 0.2) is 36.5 Å². The maximum absolute atomic E-state index is 8.75. The van der Waals surface area contributed by atoms with Gasteiger partial charge in [-0.2, -0.15) is 5.26 Å². The summed E-state index contributed by atoms with van der Waals surface area (Å²) in [4.78, 5) is 4.02. The number of nitrogens with zero attached hydrogens (tertiary/aromatic N) is 2. The molecule has 19 heavy (non-hydrogen) atoms. The van der Waals surface area contributed by atoms with Gasteiger partial charge in [0.05, 0.1) is 17.9 Å². The van der Waals surface area contributed by atoms with Crippen molar-refractivity contribution in [3.05, 3.63) is 42.1 Å². The third-order valence-corrected chi connectivity index (χ3v) is 2.36. The topological polar surface area (TPSA) is 81.2 Å². The van der Waals surface area contributed by atoms with Gasteiger partial charge in [-0.1, -0.05) is 12.1 Å². The van der Waals surface area contributed by atoms with Crippen molar-refractivity contribution in [1.82, 2.24) is 4.98 Å². The molecule has 1 aromatic carbocycles. The van der Waals surface area contributed by atoms with Crippen LogP contribution in [-0.2, 0) is 0 Å². The number of nitriles is 1. The summed E-state index contributed by atoms with van der Waals surface area (Å²) < 4.78 is 11.1. The SMILES string of the molecule is CCOc1ccccc1Oc1ncc(C#N)cc1N. The van der Waals surface area contributed by atoms with E-state index in [1.807, 2.05) is 25.1 Å². The maximum Gasteiger partial charge on any atom is 0.242 e. The average Bonchev–Trinajstić information content (AvgIpc) is 2.43. The largest absolute Gasteiger partial charge is 0.490 e. The van der Waals surface area contributed by atoms with Gasteiger partial charge in [-0.15, -0.1) is 0 Å². The Kier molecular flexibility index (Phi) is 3.84. The Morgan fingerprint density at radius 3 is 2.68 bits per heavy atom. The summed E-state index contributed by atoms with van der Waals surface area (Å²) in [7, 11) is 0. The fourth-order valence-corrected chi connectivity index (χ4v) is 1.53. The Balaban J connectivity index is 2.29. The Morgan fingerprint density at radius 2 is 2.05 bits per heavy atom. The van der Waals surface area contributed by atoms with Gasteiger partial charge in [-0.05, 0) is 25.1 Å². The predicted octanol–water partition coefficient (Wildman–Crippen LogP) is 2.73. The number of benzene rings is 1. The summed E-state index contributed by atoms with van der Waals surface area (Å²) in [6.45, 7) is 2.43. The molecule has 1 aromatic heterocycles. The molecule has 0 saturated heterocycles. The second-order valence-electron chi connectivity index (χ2n) is 3.71. The molecule has 0 spiro atoms. The lowest BCUT2D eigenvalue weighted by Gasteiger charge is -2.11. The molecule has 0 unspecified atom stereocenters. The molecule has 0 saturated carbocycles. The first kappa shape index (κ1) is 12.7. The van der Waals surface area contributed by atoms with Gasteiger partial charge in [0.25, 0.3) is 0 Å². The zero-order valence-electron chi connectivity index (χ0n) is 10.5. The Bertz CT molecular complexity index is 620. The molecule has 1 heterocycles. The number of pyridine rings is 1. The number of rotatable bonds is 4. The van der Waals surface area contributed by atoms with Crippen molar-refractivity contribution < 1.29 is 9.47 Å². The van der Waals surface area contributed by atoms with E-state index in [2.05, 4.69) is 4.98 Å². The van der Waals surface area contributed by atoms with Crippen molar-refractivity contribution in [1.29, 1.82) is 5.26 Å². The van der Waals surface area contributed by atoms with E-state index in [1.54, 1.807) is 12.1 Å². The zero-order chi connectivity index (χ0) is 13.7. The van der Waals surface area contributed by atoms with E-state index in [4.69, 9.17) is 20.5 Å². The number of hydrogen-bond acceptors (Lipinski definition) is 5. The smallest absolute Gasteiger partial charge is 0.242 e. The van der Waals surface area contributed by atoms with Gasteiger partial charge in [0.1, 0.15) is 6.07 Å². The van der Waals surface area contributed by atoms with Crippen LogP contribution in [0.5, 0.6) is 17.4 Å². The van der Waals surface area contributed by atoms with Crippen molar-refractivity contribution in [2.45, 2.75) is 6.92 Å². The Hall–Kier alpha value is -2.74. The molecular weight excluding hydrogens is 242 g/mol. The number of aromatic nitrogens is 1. The molecule has 0 atom stereocenters. The van der Waals surface area contributed by atoms with Crippen LogP contribution in [0.2, 0.25) is 0 Å². The lowest BCUT2D eigenvalue weighted by atomic mass is 10.3. The minimum absolute atomic E-state index is 0.256. The number of nitrogen functional groups attached to an aromatic ring is 1. The molecule has 96 valence electrons. The second kappa shape index (κ2) is 5.74. The Labute approximate surface area is 111 Å². The van der Waals surface area contributed by atoms with Gasteiger partial charge in [0.15, 0.2) is 11.5 Å². The van der Waals surface area contributed by atoms with E-state index in [1.165, 1.54) is 12.3 Å². The second-order valence-corrected chi connectivity index (χ2v) is 3.71. The van der Waals surface area contributed by atoms with Crippen LogP contribution in [-0.4, -0.2) is 11.6 Å². The van der Waals surface area contributed by atoms with Gasteiger partial charge in [-0.25, -0.2) is 4.98 Å². The number of hydrogen-bond donors (Lipinski definition) is 1. The van der Waals surface area contributed by atoms with E-state index in [0.29, 0.717) is 29.4 Å². The molecule has 2 N–H and O–H groups in total. The summed E-state index contributed by atoms with van der Waals surface area (Å²) in [6.07, 6.45) is 1.41. The van der Waals surface area contributed by atoms with Gasteiger partial charge >= 0.3 is 0 Å². The molecule has 5 nitrogen and oxygen atoms in total. The number of para-hydroxylation sites is 2. The minimum atomic E-state index is 0.256. The molecule has 0 bridgehead atoms. The van der Waals surface area contributed by atoms with E-state index in [-0.39, 0.29) is 5.88 Å². The van der Waals surface area contributed by atoms with Gasteiger partial charge in [0.2, 0.25) is 5.88 Å². The highest BCUT2D eigenvalue weighted by Gasteiger charge is 2.09. The first-order valence-electron chi connectivity index (χ1n) is 5.80. The summed E-state index contributed by atoms with van der Waals surface area (Å²) in [5.41, 5.74) is 6.49. The maximum atomic E-state index is 8.75. The van der Waals surface area contributed by atoms with Crippen molar-refractivity contribution in [2.75, 3.05) is 12.3 Å². The molecular formula is C14H13N3O2. The third-order valence-electron chi connectivity index (χ3n) is 2.36. The van der Waals surface area contributed by atoms with Crippen molar-refractivity contribution in [3.8, 4) is 23.4 Å². The summed E-state index contributed by atoms with van der Waals surface area (Å²) >= 11 is 0. The standard InChI is InChI=1S/C14H13N3O2/c1-2-18-12-5-3-4-6-13(12)19-14-11(16)7-10(8-15)9-17-14/h3-7,9H,2,16H2,1H3. The molecule has 5 heteroatoms. The molecule has 2 aromatic rings. The van der Waals surface area contributed by atoms with Gasteiger partial charge in [-0.3, -0.25) is 0 Å². The fraction of sp³-hybridized carbons (Fsp3) is 0.143. The summed E-state index contributed by atoms with van der Waals surface area (Å²) in [5, 5.41) is 8.75. The van der Waals surface area contributed by atoms with Crippen molar-refractivity contribution >= 4 is 5.69 Å². The molecule has 0 aliphatic carbocycles. The highest BCUT2D eigenvalue weighted by Crippen LogP contribution is 2.32. The summed E-state index contributed by atoms with van der Waals surface area (Å²) in [5.74, 6) is 1.41. The summed E-state index contributed by atoms with van der Waals surface area (Å²) in [6, 6.07) is 10.7. The molecule has 0 fully saturated rings. The third kappa shape index (κ3) is 2.93. The van der Waals surface area contributed by atoms with Crippen LogP contribution in [0.25, 0.3) is 0 Å². The fourth-order valence-electron chi connectivity index (χ4n) is 1.53. The van der Waals surface area contributed by atoms with E-state index >= 15 is 0 Å². The molecule has 0 amide bonds. The highest BCUT2D eigenvalue weighted by atomic mass is 16.5. The Morgan fingerprint density at radius 1 is 1.32 bits per heavy atom. The first-order valence-corrected chi connectivity index (χ1v) is 5.80. The van der Waals surface area contributed by atoms with Crippen LogP contribution in [0.1, 0.15) is 12.5 Å². The lowest BCUT2D eigenvalue weighted by Crippen LogP contribution is -1.98. The van der Waals surface area contributed by atoms with Crippen LogP contribution in [0.4, 0.5) is 5.69 Å². The molecule has 0 aliphatic rings. The molecule has 0 aliphatic heterocycles. The van der Waals surface area contributed by atoms with Gasteiger partial charge in [0, 0.05) is 6.20 Å². The predicted molar refractivity (Wildman–Crippen MR) is 71.0 cm³/mol. The number of anilines is 1. The van der Waals surface area contributed by atoms with E-state index in [9.17, 15) is 0 Å². The van der Waals surface area contributed by atoms with Crippen molar-refractivity contribution in [2.24, 2.45) is 0 Å². The molecule has 2 rings (SSSR count). The van der Waals surface area contributed by atoms with E-state index < -0.39 is 0 Å². The quantitative estimate of drug-likeness (QED) is 0.908. The lowest BCUT2D eigenvalue weighted by molar-refractivity contribution is 0.320. The van der Waals surface area contributed by atoms with Crippen LogP contribution < -0.4 is 15.2 Å². The molecule has 0 radical (unpaired) electrons. The number of ether oxygens (including phenoxy) is 2. The highest BCUT2D eigenvalue weighted by molar-refractivity contribution is 5.54. The monoisotopic (exact) mass is 255 g/mol. The normalized spacial score (nSPS) is 9.68. The minimum Gasteiger partial charge on any atom is -0.490 e. The van der Waals surface area contributed by atoms with Crippen LogP contribution >= 0.6 is 0 Å². The average molecular weight is 255 g/mol. The first-order chi connectivity index (χ1) is 9.24. The number of nitrogens with two attached hydrogens (primary N) is 1. The van der Waals surface area contributed by atoms with E-state index in [0.717, 1.165) is 0 Å². The van der Waals surface area contributed by atoms with Gasteiger partial charge < -0.3 is 15.2 Å². The van der Waals surface area contributed by atoms with Crippen molar-refractivity contribution in [3.63, 3.8) is 0 Å². The van der Waals surface area contributed by atoms with Crippen LogP contribution in [0, 0.1) is 11.3 Å². The van der Waals surface area contributed by atoms with Crippen LogP contribution in [0.3, 0.4) is 0 Å². The zero-order valence-corrected chi connectivity index (χ0v) is 10.5.